The normalized spacial score (nSPS) is 16.7. The zero-order valence-corrected chi connectivity index (χ0v) is 18.7. The summed E-state index contributed by atoms with van der Waals surface area (Å²) in [7, 11) is -2.72. The van der Waals surface area contributed by atoms with Crippen molar-refractivity contribution in [3.8, 4) is 0 Å². The number of non-ortho nitro benzene ring substituents is 1. The summed E-state index contributed by atoms with van der Waals surface area (Å²) in [6.45, 7) is 3.07. The van der Waals surface area contributed by atoms with Gasteiger partial charge in [-0.2, -0.15) is 0 Å². The number of benzene rings is 1. The average molecular weight is 472 g/mol. The fraction of sp³-hybridized carbons (Fsp3) is 0.368. The van der Waals surface area contributed by atoms with Crippen molar-refractivity contribution >= 4 is 39.1 Å². The van der Waals surface area contributed by atoms with Gasteiger partial charge in [-0.3, -0.25) is 14.9 Å². The van der Waals surface area contributed by atoms with Gasteiger partial charge in [-0.25, -0.2) is 17.9 Å². The number of nitrogens with zero attached hydrogens (tertiary/aromatic N) is 1. The van der Waals surface area contributed by atoms with E-state index in [0.29, 0.717) is 11.4 Å². The second kappa shape index (κ2) is 10.0. The van der Waals surface area contributed by atoms with Crippen molar-refractivity contribution in [2.75, 3.05) is 25.3 Å². The number of nitrogens with one attached hydrogen (secondary N) is 2. The molecule has 0 radical (unpaired) electrons. The van der Waals surface area contributed by atoms with Gasteiger partial charge < -0.3 is 10.1 Å². The van der Waals surface area contributed by atoms with Crippen molar-refractivity contribution in [3.05, 3.63) is 62.5 Å². The third-order valence-electron chi connectivity index (χ3n) is 4.64. The zero-order chi connectivity index (χ0) is 23.3. The summed E-state index contributed by atoms with van der Waals surface area (Å²) in [5.74, 6) is -3.40. The number of hydrogen-bond acceptors (Lipinski definition) is 8. The van der Waals surface area contributed by atoms with Crippen LogP contribution in [0.5, 0.6) is 0 Å². The molecule has 0 amide bonds. The number of allylic oxidation sites excluding steroid dienone is 3. The quantitative estimate of drug-likeness (QED) is 0.240. The lowest BCUT2D eigenvalue weighted by molar-refractivity contribution is -0.384. The number of ketones is 1. The molecule has 1 heterocycles. The highest BCUT2D eigenvalue weighted by Gasteiger charge is 2.38. The van der Waals surface area contributed by atoms with Crippen molar-refractivity contribution in [3.63, 3.8) is 0 Å². The van der Waals surface area contributed by atoms with Gasteiger partial charge in [-0.15, -0.1) is 11.6 Å². The standard InChI is InChI=1S/C19H22ClN3O7S/c1-11-16(15(24)10-31(28,29)21-3)18(13-5-4-6-14(9-13)23(26)27)17(12(2)22-11)19(25)30-8-7-20/h4-6,9,18,21-22H,7-8,10H2,1-3H3. The van der Waals surface area contributed by atoms with E-state index in [4.69, 9.17) is 16.3 Å². The Morgan fingerprint density at radius 1 is 1.26 bits per heavy atom. The highest BCUT2D eigenvalue weighted by atomic mass is 35.5. The number of alkyl halides is 1. The molecule has 10 nitrogen and oxygen atoms in total. The maximum atomic E-state index is 13.0. The van der Waals surface area contributed by atoms with Crippen molar-refractivity contribution in [2.45, 2.75) is 19.8 Å². The average Bonchev–Trinajstić information content (AvgIpc) is 2.71. The lowest BCUT2D eigenvalue weighted by atomic mass is 9.79. The van der Waals surface area contributed by atoms with E-state index in [1.807, 2.05) is 0 Å². The molecule has 1 aromatic carbocycles. The van der Waals surface area contributed by atoms with E-state index >= 15 is 0 Å². The van der Waals surface area contributed by atoms with Gasteiger partial charge >= 0.3 is 5.97 Å². The van der Waals surface area contributed by atoms with Gasteiger partial charge in [0.25, 0.3) is 5.69 Å². The van der Waals surface area contributed by atoms with E-state index in [1.165, 1.54) is 31.3 Å². The SMILES string of the molecule is CNS(=O)(=O)CC(=O)C1=C(C)NC(C)=C(C(=O)OCCCl)C1c1cccc([N+](=O)[O-])c1. The molecule has 2 rings (SSSR count). The van der Waals surface area contributed by atoms with E-state index in [2.05, 4.69) is 10.0 Å². The molecule has 0 aliphatic carbocycles. The molecule has 0 spiro atoms. The molecule has 1 unspecified atom stereocenters. The van der Waals surface area contributed by atoms with Crippen LogP contribution in [0.4, 0.5) is 5.69 Å². The molecular formula is C19H22ClN3O7S. The van der Waals surface area contributed by atoms with E-state index < -0.39 is 38.4 Å². The highest BCUT2D eigenvalue weighted by molar-refractivity contribution is 7.90. The Labute approximate surface area is 184 Å². The first-order valence-electron chi connectivity index (χ1n) is 9.12. The molecule has 31 heavy (non-hydrogen) atoms. The Balaban J connectivity index is 2.68. The second-order valence-corrected chi connectivity index (χ2v) is 9.00. The summed E-state index contributed by atoms with van der Waals surface area (Å²) in [6, 6.07) is 5.47. The van der Waals surface area contributed by atoms with Crippen LogP contribution < -0.4 is 10.0 Å². The lowest BCUT2D eigenvalue weighted by Crippen LogP contribution is -2.35. The van der Waals surface area contributed by atoms with Crippen LogP contribution in [0.2, 0.25) is 0 Å². The first-order chi connectivity index (χ1) is 14.5. The minimum atomic E-state index is -3.90. The largest absolute Gasteiger partial charge is 0.461 e. The van der Waals surface area contributed by atoms with Crippen LogP contribution >= 0.6 is 11.6 Å². The number of ether oxygens (including phenoxy) is 1. The molecule has 168 valence electrons. The summed E-state index contributed by atoms with van der Waals surface area (Å²) in [6.07, 6.45) is 0. The van der Waals surface area contributed by atoms with E-state index in [1.54, 1.807) is 13.8 Å². The first-order valence-corrected chi connectivity index (χ1v) is 11.3. The summed E-state index contributed by atoms with van der Waals surface area (Å²) in [5, 5.41) is 14.2. The van der Waals surface area contributed by atoms with Crippen LogP contribution in [0.3, 0.4) is 0 Å². The number of carbonyl (C=O) groups excluding carboxylic acids is 2. The van der Waals surface area contributed by atoms with Crippen molar-refractivity contribution in [1.29, 1.82) is 0 Å². The van der Waals surface area contributed by atoms with Crippen molar-refractivity contribution < 1.29 is 27.7 Å². The maximum absolute atomic E-state index is 13.0. The number of carbonyl (C=O) groups is 2. The fourth-order valence-corrected chi connectivity index (χ4v) is 4.04. The number of nitro groups is 1. The molecule has 0 aromatic heterocycles. The third kappa shape index (κ3) is 5.69. The number of sulfonamides is 1. The van der Waals surface area contributed by atoms with Crippen LogP contribution in [-0.2, 0) is 24.3 Å². The summed E-state index contributed by atoms with van der Waals surface area (Å²) in [4.78, 5) is 36.5. The van der Waals surface area contributed by atoms with E-state index in [9.17, 15) is 28.1 Å². The zero-order valence-electron chi connectivity index (χ0n) is 17.1. The first kappa shape index (κ1) is 24.5. The molecule has 1 atom stereocenters. The Kier molecular flexibility index (Phi) is 7.93. The topological polar surface area (TPSA) is 145 Å². The fourth-order valence-electron chi connectivity index (χ4n) is 3.32. The number of esters is 1. The number of dihydropyridines is 1. The number of rotatable bonds is 9. The van der Waals surface area contributed by atoms with Crippen LogP contribution in [0.25, 0.3) is 0 Å². The smallest absolute Gasteiger partial charge is 0.336 e. The molecule has 12 heteroatoms. The molecule has 0 saturated carbocycles. The van der Waals surface area contributed by atoms with Crippen molar-refractivity contribution in [2.24, 2.45) is 0 Å². The van der Waals surface area contributed by atoms with Crippen LogP contribution in [0.1, 0.15) is 25.3 Å². The van der Waals surface area contributed by atoms with Gasteiger partial charge in [0.15, 0.2) is 5.78 Å². The minimum absolute atomic E-state index is 0.00254. The molecule has 0 saturated heterocycles. The molecule has 1 aliphatic rings. The van der Waals surface area contributed by atoms with Crippen LogP contribution in [0.15, 0.2) is 46.8 Å². The van der Waals surface area contributed by atoms with Gasteiger partial charge in [-0.1, -0.05) is 12.1 Å². The van der Waals surface area contributed by atoms with Crippen LogP contribution in [-0.4, -0.2) is 50.4 Å². The minimum Gasteiger partial charge on any atom is -0.461 e. The monoisotopic (exact) mass is 471 g/mol. The number of nitro benzene ring substituents is 1. The van der Waals surface area contributed by atoms with Gasteiger partial charge in [0.2, 0.25) is 10.0 Å². The van der Waals surface area contributed by atoms with Crippen LogP contribution in [0, 0.1) is 10.1 Å². The number of Topliss-reactive ketones (excluding diaryl/α,β-unsaturated/α-hetero) is 1. The third-order valence-corrected chi connectivity index (χ3v) is 6.06. The molecule has 1 aromatic rings. The maximum Gasteiger partial charge on any atom is 0.336 e. The van der Waals surface area contributed by atoms with E-state index in [-0.39, 0.29) is 34.9 Å². The Morgan fingerprint density at radius 2 is 1.90 bits per heavy atom. The second-order valence-electron chi connectivity index (χ2n) is 6.70. The summed E-state index contributed by atoms with van der Waals surface area (Å²) < 4.78 is 31.2. The lowest BCUT2D eigenvalue weighted by Gasteiger charge is -2.30. The van der Waals surface area contributed by atoms with Gasteiger partial charge in [0.1, 0.15) is 12.4 Å². The molecule has 1 aliphatic heterocycles. The molecular weight excluding hydrogens is 450 g/mol. The predicted molar refractivity (Wildman–Crippen MR) is 114 cm³/mol. The summed E-state index contributed by atoms with van der Waals surface area (Å²) >= 11 is 5.60. The summed E-state index contributed by atoms with van der Waals surface area (Å²) in [5.41, 5.74) is 0.789. The van der Waals surface area contributed by atoms with E-state index in [0.717, 1.165) is 0 Å². The van der Waals surface area contributed by atoms with Gasteiger partial charge in [0.05, 0.1) is 16.4 Å². The number of hydrogen-bond donors (Lipinski definition) is 2. The van der Waals surface area contributed by atoms with Gasteiger partial charge in [0, 0.05) is 35.0 Å². The number of halogens is 1. The highest BCUT2D eigenvalue weighted by Crippen LogP contribution is 2.40. The Hall–Kier alpha value is -2.76. The predicted octanol–water partition coefficient (Wildman–Crippen LogP) is 1.73. The Morgan fingerprint density at radius 3 is 2.48 bits per heavy atom. The molecule has 2 N–H and O–H groups in total. The van der Waals surface area contributed by atoms with Gasteiger partial charge in [-0.05, 0) is 26.5 Å². The Bertz CT molecular complexity index is 1080. The van der Waals surface area contributed by atoms with Crippen molar-refractivity contribution in [1.82, 2.24) is 10.0 Å². The molecule has 0 fully saturated rings. The molecule has 0 bridgehead atoms.